The molecule has 2 rings (SSSR count). The van der Waals surface area contributed by atoms with Crippen LogP contribution in [0.15, 0.2) is 48.5 Å². The van der Waals surface area contributed by atoms with Gasteiger partial charge in [0.15, 0.2) is 6.10 Å². The molecule has 0 spiro atoms. The highest BCUT2D eigenvalue weighted by Gasteiger charge is 2.16. The maximum atomic E-state index is 12.0. The van der Waals surface area contributed by atoms with E-state index in [9.17, 15) is 19.7 Å². The van der Waals surface area contributed by atoms with Gasteiger partial charge >= 0.3 is 0 Å². The molecule has 0 aliphatic heterocycles. The number of nitro benzene ring substituents is 1. The zero-order chi connectivity index (χ0) is 18.4. The second kappa shape index (κ2) is 7.91. The van der Waals surface area contributed by atoms with Crippen molar-refractivity contribution in [2.24, 2.45) is 0 Å². The number of hydrazine groups is 1. The number of non-ortho nitro benzene ring substituents is 1. The third kappa shape index (κ3) is 5.03. The first-order valence-electron chi connectivity index (χ1n) is 7.45. The number of amides is 2. The summed E-state index contributed by atoms with van der Waals surface area (Å²) in [6.45, 7) is 3.49. The van der Waals surface area contributed by atoms with E-state index < -0.39 is 22.8 Å². The molecule has 25 heavy (non-hydrogen) atoms. The van der Waals surface area contributed by atoms with Gasteiger partial charge in [0.25, 0.3) is 17.5 Å². The molecule has 8 heteroatoms. The van der Waals surface area contributed by atoms with Gasteiger partial charge in [-0.3, -0.25) is 30.6 Å². The van der Waals surface area contributed by atoms with Gasteiger partial charge in [-0.25, -0.2) is 0 Å². The summed E-state index contributed by atoms with van der Waals surface area (Å²) in [7, 11) is 0. The summed E-state index contributed by atoms with van der Waals surface area (Å²) in [5.74, 6) is -0.587. The number of aryl methyl sites for hydroxylation is 1. The SMILES string of the molecule is Cc1ccc(O[C@@H](C)C(=O)NNC(=O)c2ccc([N+](=O)[O-])cc2)cc1. The monoisotopic (exact) mass is 343 g/mol. The molecule has 0 aliphatic carbocycles. The number of rotatable bonds is 5. The number of hydrogen-bond donors (Lipinski definition) is 2. The average molecular weight is 343 g/mol. The number of ether oxygens (including phenoxy) is 1. The van der Waals surface area contributed by atoms with Crippen molar-refractivity contribution in [1.29, 1.82) is 0 Å². The van der Waals surface area contributed by atoms with Crippen molar-refractivity contribution >= 4 is 17.5 Å². The molecule has 0 fully saturated rings. The molecule has 0 heterocycles. The predicted octanol–water partition coefficient (Wildman–Crippen LogP) is 2.13. The Morgan fingerprint density at radius 2 is 1.64 bits per heavy atom. The van der Waals surface area contributed by atoms with Gasteiger partial charge in [-0.1, -0.05) is 17.7 Å². The number of carbonyl (C=O) groups is 2. The summed E-state index contributed by atoms with van der Waals surface area (Å²) in [6.07, 6.45) is -0.820. The van der Waals surface area contributed by atoms with Crippen LogP contribution in [0, 0.1) is 17.0 Å². The lowest BCUT2D eigenvalue weighted by molar-refractivity contribution is -0.384. The Bertz CT molecular complexity index is 772. The lowest BCUT2D eigenvalue weighted by atomic mass is 10.2. The largest absolute Gasteiger partial charge is 0.481 e. The lowest BCUT2D eigenvalue weighted by Gasteiger charge is -2.15. The molecule has 8 nitrogen and oxygen atoms in total. The van der Waals surface area contributed by atoms with Gasteiger partial charge < -0.3 is 4.74 Å². The van der Waals surface area contributed by atoms with Crippen LogP contribution in [0.3, 0.4) is 0 Å². The highest BCUT2D eigenvalue weighted by Crippen LogP contribution is 2.13. The van der Waals surface area contributed by atoms with Gasteiger partial charge in [0.2, 0.25) is 0 Å². The molecule has 0 bridgehead atoms. The molecule has 2 N–H and O–H groups in total. The molecule has 0 saturated heterocycles. The molecule has 2 amide bonds. The summed E-state index contributed by atoms with van der Waals surface area (Å²) >= 11 is 0. The lowest BCUT2D eigenvalue weighted by Crippen LogP contribution is -2.47. The van der Waals surface area contributed by atoms with Crippen LogP contribution in [0.5, 0.6) is 5.75 Å². The third-order valence-electron chi connectivity index (χ3n) is 3.34. The first kappa shape index (κ1) is 17.9. The van der Waals surface area contributed by atoms with Crippen LogP contribution < -0.4 is 15.6 Å². The molecule has 0 aliphatic rings. The zero-order valence-electron chi connectivity index (χ0n) is 13.7. The van der Waals surface area contributed by atoms with Crippen molar-refractivity contribution in [3.63, 3.8) is 0 Å². The van der Waals surface area contributed by atoms with Gasteiger partial charge in [-0.2, -0.15) is 0 Å². The molecule has 0 unspecified atom stereocenters. The normalized spacial score (nSPS) is 11.3. The summed E-state index contributed by atoms with van der Waals surface area (Å²) in [5.41, 5.74) is 5.61. The van der Waals surface area contributed by atoms with Crippen LogP contribution in [-0.2, 0) is 4.79 Å². The Labute approximate surface area is 143 Å². The van der Waals surface area contributed by atoms with Crippen LogP contribution in [0.4, 0.5) is 5.69 Å². The minimum Gasteiger partial charge on any atom is -0.481 e. The Hall–Kier alpha value is -3.42. The molecule has 0 aromatic heterocycles. The molecule has 2 aromatic rings. The van der Waals surface area contributed by atoms with Crippen LogP contribution in [-0.4, -0.2) is 22.8 Å². The number of carbonyl (C=O) groups excluding carboxylic acids is 2. The average Bonchev–Trinajstić information content (AvgIpc) is 2.61. The Balaban J connectivity index is 1.86. The summed E-state index contributed by atoms with van der Waals surface area (Å²) < 4.78 is 5.47. The number of nitro groups is 1. The number of benzene rings is 2. The Morgan fingerprint density at radius 3 is 2.20 bits per heavy atom. The van der Waals surface area contributed by atoms with E-state index in [-0.39, 0.29) is 11.3 Å². The van der Waals surface area contributed by atoms with E-state index in [0.717, 1.165) is 5.56 Å². The van der Waals surface area contributed by atoms with Gasteiger partial charge in [-0.15, -0.1) is 0 Å². The van der Waals surface area contributed by atoms with Gasteiger partial charge in [0.1, 0.15) is 5.75 Å². The summed E-state index contributed by atoms with van der Waals surface area (Å²) in [5, 5.41) is 10.6. The van der Waals surface area contributed by atoms with Gasteiger partial charge in [-0.05, 0) is 38.1 Å². The standard InChI is InChI=1S/C17H17N3O5/c1-11-3-9-15(10-4-11)25-12(2)16(21)18-19-17(22)13-5-7-14(8-6-13)20(23)24/h3-10,12H,1-2H3,(H,18,21)(H,19,22)/t12-/m0/s1. The van der Waals surface area contributed by atoms with E-state index in [2.05, 4.69) is 10.9 Å². The second-order valence-corrected chi connectivity index (χ2v) is 5.32. The highest BCUT2D eigenvalue weighted by atomic mass is 16.6. The van der Waals surface area contributed by atoms with Crippen LogP contribution in [0.2, 0.25) is 0 Å². The van der Waals surface area contributed by atoms with Crippen molar-refractivity contribution in [3.8, 4) is 5.75 Å². The first-order valence-corrected chi connectivity index (χ1v) is 7.45. The fourth-order valence-corrected chi connectivity index (χ4v) is 1.90. The molecule has 0 radical (unpaired) electrons. The predicted molar refractivity (Wildman–Crippen MR) is 90.0 cm³/mol. The zero-order valence-corrected chi connectivity index (χ0v) is 13.7. The van der Waals surface area contributed by atoms with Crippen molar-refractivity contribution < 1.29 is 19.2 Å². The molecule has 2 aromatic carbocycles. The number of nitrogens with one attached hydrogen (secondary N) is 2. The van der Waals surface area contributed by atoms with Crippen LogP contribution in [0.1, 0.15) is 22.8 Å². The first-order chi connectivity index (χ1) is 11.9. The van der Waals surface area contributed by atoms with Gasteiger partial charge in [0, 0.05) is 17.7 Å². The fraction of sp³-hybridized carbons (Fsp3) is 0.176. The Morgan fingerprint density at radius 1 is 1.04 bits per heavy atom. The van der Waals surface area contributed by atoms with E-state index in [1.165, 1.54) is 24.3 Å². The smallest absolute Gasteiger partial charge is 0.279 e. The number of nitrogens with zero attached hydrogens (tertiary/aromatic N) is 1. The minimum atomic E-state index is -0.820. The second-order valence-electron chi connectivity index (χ2n) is 5.32. The summed E-state index contributed by atoms with van der Waals surface area (Å²) in [4.78, 5) is 33.9. The van der Waals surface area contributed by atoms with E-state index in [1.54, 1.807) is 19.1 Å². The minimum absolute atomic E-state index is 0.124. The molecular formula is C17H17N3O5. The van der Waals surface area contributed by atoms with Crippen molar-refractivity contribution in [2.75, 3.05) is 0 Å². The molecule has 1 atom stereocenters. The van der Waals surface area contributed by atoms with Gasteiger partial charge in [0.05, 0.1) is 4.92 Å². The van der Waals surface area contributed by atoms with Crippen molar-refractivity contribution in [3.05, 3.63) is 69.8 Å². The molecule has 0 saturated carbocycles. The van der Waals surface area contributed by atoms with Crippen molar-refractivity contribution in [2.45, 2.75) is 20.0 Å². The van der Waals surface area contributed by atoms with E-state index in [4.69, 9.17) is 4.74 Å². The highest BCUT2D eigenvalue weighted by molar-refractivity contribution is 5.95. The van der Waals surface area contributed by atoms with E-state index in [1.807, 2.05) is 19.1 Å². The topological polar surface area (TPSA) is 111 Å². The quantitative estimate of drug-likeness (QED) is 0.638. The maximum absolute atomic E-state index is 12.0. The third-order valence-corrected chi connectivity index (χ3v) is 3.34. The Kier molecular flexibility index (Phi) is 5.67. The van der Waals surface area contributed by atoms with Crippen LogP contribution in [0.25, 0.3) is 0 Å². The fourth-order valence-electron chi connectivity index (χ4n) is 1.90. The maximum Gasteiger partial charge on any atom is 0.279 e. The van der Waals surface area contributed by atoms with Crippen molar-refractivity contribution in [1.82, 2.24) is 10.9 Å². The van der Waals surface area contributed by atoms with E-state index >= 15 is 0 Å². The van der Waals surface area contributed by atoms with Crippen LogP contribution >= 0.6 is 0 Å². The molecular weight excluding hydrogens is 326 g/mol. The summed E-state index contributed by atoms with van der Waals surface area (Å²) in [6, 6.07) is 12.2. The molecule has 130 valence electrons. The van der Waals surface area contributed by atoms with E-state index in [0.29, 0.717) is 5.75 Å². The number of hydrogen-bond acceptors (Lipinski definition) is 5.